The molecule has 162 valence electrons. The van der Waals surface area contributed by atoms with Crippen LogP contribution in [0, 0.1) is 0 Å². The van der Waals surface area contributed by atoms with Crippen LogP contribution in [0.4, 0.5) is 5.82 Å². The fourth-order valence-electron chi connectivity index (χ4n) is 3.48. The third kappa shape index (κ3) is 4.86. The minimum Gasteiger partial charge on any atom is -0.493 e. The molecule has 8 nitrogen and oxygen atoms in total. The highest BCUT2D eigenvalue weighted by molar-refractivity contribution is 7.80. The quantitative estimate of drug-likeness (QED) is 0.345. The van der Waals surface area contributed by atoms with Crippen LogP contribution in [0.25, 0.3) is 10.9 Å². The van der Waals surface area contributed by atoms with E-state index in [4.69, 9.17) is 21.7 Å². The predicted octanol–water partition coefficient (Wildman–Crippen LogP) is 2.93. The summed E-state index contributed by atoms with van der Waals surface area (Å²) < 4.78 is 10.9. The van der Waals surface area contributed by atoms with E-state index in [1.54, 1.807) is 31.9 Å². The number of methoxy groups -OCH3 is 2. The second kappa shape index (κ2) is 9.88. The lowest BCUT2D eigenvalue weighted by atomic mass is 10.2. The van der Waals surface area contributed by atoms with Crippen molar-refractivity contribution >= 4 is 51.6 Å². The van der Waals surface area contributed by atoms with E-state index in [9.17, 15) is 0 Å². The van der Waals surface area contributed by atoms with Crippen LogP contribution in [0.3, 0.4) is 0 Å². The second-order valence-corrected chi connectivity index (χ2v) is 8.33. The lowest BCUT2D eigenvalue weighted by Crippen LogP contribution is -2.51. The van der Waals surface area contributed by atoms with Gasteiger partial charge in [-0.15, -0.1) is 11.3 Å². The van der Waals surface area contributed by atoms with Crippen molar-refractivity contribution in [2.45, 2.75) is 6.42 Å². The Morgan fingerprint density at radius 2 is 1.97 bits per heavy atom. The Morgan fingerprint density at radius 3 is 2.68 bits per heavy atom. The van der Waals surface area contributed by atoms with Crippen LogP contribution in [-0.4, -0.2) is 66.6 Å². The van der Waals surface area contributed by atoms with Gasteiger partial charge in [0.15, 0.2) is 16.6 Å². The van der Waals surface area contributed by atoms with Gasteiger partial charge in [-0.25, -0.2) is 9.97 Å². The molecule has 1 aliphatic heterocycles. The number of hydrogen-bond donors (Lipinski definition) is 1. The van der Waals surface area contributed by atoms with Crippen molar-refractivity contribution in [2.75, 3.05) is 45.3 Å². The number of hydrogen-bond acceptors (Lipinski definition) is 8. The molecule has 1 aliphatic rings. The standard InChI is InChI=1S/C21H24N6O2S2/c1-28-18-12-16-17(13-19(18)29-2)22-14-23-20(16)26-7-9-27(10-8-26)21(30)25-24-6-5-15-4-3-11-31-15/h3-4,6,11-14H,5,7-10H2,1-2H3,(H,25,30). The highest BCUT2D eigenvalue weighted by Crippen LogP contribution is 2.34. The zero-order chi connectivity index (χ0) is 21.6. The first-order chi connectivity index (χ1) is 15.2. The lowest BCUT2D eigenvalue weighted by Gasteiger charge is -2.36. The summed E-state index contributed by atoms with van der Waals surface area (Å²) >= 11 is 7.23. The highest BCUT2D eigenvalue weighted by Gasteiger charge is 2.22. The van der Waals surface area contributed by atoms with E-state index in [0.29, 0.717) is 16.6 Å². The number of nitrogens with zero attached hydrogens (tertiary/aromatic N) is 5. The zero-order valence-electron chi connectivity index (χ0n) is 17.4. The van der Waals surface area contributed by atoms with E-state index in [0.717, 1.165) is 49.3 Å². The SMILES string of the molecule is COc1cc2ncnc(N3CCN(C(=S)NN=CCc4cccs4)CC3)c2cc1OC. The average molecular weight is 457 g/mol. The molecule has 0 spiro atoms. The molecule has 0 amide bonds. The van der Waals surface area contributed by atoms with E-state index in [2.05, 4.69) is 41.7 Å². The summed E-state index contributed by atoms with van der Waals surface area (Å²) in [5, 5.41) is 7.90. The Morgan fingerprint density at radius 1 is 1.19 bits per heavy atom. The average Bonchev–Trinajstić information content (AvgIpc) is 3.34. The minimum atomic E-state index is 0.640. The summed E-state index contributed by atoms with van der Waals surface area (Å²) in [7, 11) is 3.25. The Labute approximate surface area is 190 Å². The molecule has 10 heteroatoms. The molecule has 0 aliphatic carbocycles. The molecule has 0 radical (unpaired) electrons. The second-order valence-electron chi connectivity index (χ2n) is 6.91. The third-order valence-electron chi connectivity index (χ3n) is 5.11. The van der Waals surface area contributed by atoms with Gasteiger partial charge in [0.1, 0.15) is 12.1 Å². The zero-order valence-corrected chi connectivity index (χ0v) is 19.1. The molecule has 0 unspecified atom stereocenters. The summed E-state index contributed by atoms with van der Waals surface area (Å²) in [4.78, 5) is 14.6. The van der Waals surface area contributed by atoms with E-state index in [1.165, 1.54) is 4.88 Å². The molecular weight excluding hydrogens is 432 g/mol. The van der Waals surface area contributed by atoms with Gasteiger partial charge in [-0.05, 0) is 29.7 Å². The number of nitrogens with one attached hydrogen (secondary N) is 1. The number of fused-ring (bicyclic) bond motifs is 1. The van der Waals surface area contributed by atoms with Crippen LogP contribution in [0.1, 0.15) is 4.88 Å². The maximum absolute atomic E-state index is 5.51. The smallest absolute Gasteiger partial charge is 0.189 e. The largest absolute Gasteiger partial charge is 0.493 e. The number of thiocarbonyl (C=S) groups is 1. The molecule has 1 aromatic carbocycles. The molecule has 31 heavy (non-hydrogen) atoms. The molecule has 1 saturated heterocycles. The van der Waals surface area contributed by atoms with E-state index in [-0.39, 0.29) is 0 Å². The van der Waals surface area contributed by atoms with Crippen LogP contribution >= 0.6 is 23.6 Å². The first kappa shape index (κ1) is 21.3. The third-order valence-corrected chi connectivity index (χ3v) is 6.36. The van der Waals surface area contributed by atoms with Crippen molar-refractivity contribution in [1.29, 1.82) is 0 Å². The number of anilines is 1. The molecule has 0 saturated carbocycles. The van der Waals surface area contributed by atoms with Crippen molar-refractivity contribution in [2.24, 2.45) is 5.10 Å². The number of rotatable bonds is 6. The van der Waals surface area contributed by atoms with Gasteiger partial charge in [0.05, 0.1) is 19.7 Å². The van der Waals surface area contributed by atoms with Crippen molar-refractivity contribution in [1.82, 2.24) is 20.3 Å². The van der Waals surface area contributed by atoms with E-state index in [1.807, 2.05) is 24.4 Å². The first-order valence-corrected chi connectivity index (χ1v) is 11.2. The van der Waals surface area contributed by atoms with Crippen LogP contribution < -0.4 is 19.8 Å². The number of hydrazone groups is 1. The van der Waals surface area contributed by atoms with Crippen molar-refractivity contribution in [3.63, 3.8) is 0 Å². The Kier molecular flexibility index (Phi) is 6.78. The van der Waals surface area contributed by atoms with Gasteiger partial charge in [0.2, 0.25) is 0 Å². The number of ether oxygens (including phenoxy) is 2. The number of piperazine rings is 1. The van der Waals surface area contributed by atoms with Gasteiger partial charge < -0.3 is 19.3 Å². The molecule has 1 N–H and O–H groups in total. The molecule has 3 heterocycles. The van der Waals surface area contributed by atoms with Crippen LogP contribution in [0.2, 0.25) is 0 Å². The Hall–Kier alpha value is -2.98. The van der Waals surface area contributed by atoms with E-state index >= 15 is 0 Å². The predicted molar refractivity (Wildman–Crippen MR) is 129 cm³/mol. The first-order valence-electron chi connectivity index (χ1n) is 9.90. The summed E-state index contributed by atoms with van der Waals surface area (Å²) in [6, 6.07) is 7.95. The molecule has 0 bridgehead atoms. The lowest BCUT2D eigenvalue weighted by molar-refractivity contribution is 0.355. The van der Waals surface area contributed by atoms with Crippen LogP contribution in [0.15, 0.2) is 41.1 Å². The van der Waals surface area contributed by atoms with Crippen LogP contribution in [-0.2, 0) is 6.42 Å². The monoisotopic (exact) mass is 456 g/mol. The summed E-state index contributed by atoms with van der Waals surface area (Å²) in [5.41, 5.74) is 3.81. The number of benzene rings is 1. The maximum atomic E-state index is 5.51. The number of thiophene rings is 1. The Bertz CT molecular complexity index is 1070. The van der Waals surface area contributed by atoms with Gasteiger partial charge in [0.25, 0.3) is 0 Å². The summed E-state index contributed by atoms with van der Waals surface area (Å²) in [6.45, 7) is 3.15. The summed E-state index contributed by atoms with van der Waals surface area (Å²) in [5.74, 6) is 2.20. The normalized spacial score (nSPS) is 14.3. The van der Waals surface area contributed by atoms with Crippen molar-refractivity contribution in [3.8, 4) is 11.5 Å². The molecular formula is C21H24N6O2S2. The molecule has 0 atom stereocenters. The highest BCUT2D eigenvalue weighted by atomic mass is 32.1. The van der Waals surface area contributed by atoms with Crippen molar-refractivity contribution in [3.05, 3.63) is 40.8 Å². The minimum absolute atomic E-state index is 0.640. The molecule has 1 fully saturated rings. The number of aromatic nitrogens is 2. The van der Waals surface area contributed by atoms with Gasteiger partial charge in [-0.3, -0.25) is 5.43 Å². The van der Waals surface area contributed by atoms with Gasteiger partial charge in [-0.1, -0.05) is 6.07 Å². The fourth-order valence-corrected chi connectivity index (χ4v) is 4.37. The topological polar surface area (TPSA) is 75.1 Å². The van der Waals surface area contributed by atoms with E-state index < -0.39 is 0 Å². The Balaban J connectivity index is 1.38. The maximum Gasteiger partial charge on any atom is 0.189 e. The molecule has 2 aromatic heterocycles. The van der Waals surface area contributed by atoms with Gasteiger partial charge in [0, 0.05) is 55.1 Å². The van der Waals surface area contributed by atoms with Crippen LogP contribution in [0.5, 0.6) is 11.5 Å². The molecule has 3 aromatic rings. The molecule has 4 rings (SSSR count). The van der Waals surface area contributed by atoms with Gasteiger partial charge >= 0.3 is 0 Å². The van der Waals surface area contributed by atoms with Crippen molar-refractivity contribution < 1.29 is 9.47 Å². The fraction of sp³-hybridized carbons (Fsp3) is 0.333. The van der Waals surface area contributed by atoms with Gasteiger partial charge in [-0.2, -0.15) is 5.10 Å². The summed E-state index contributed by atoms with van der Waals surface area (Å²) in [6.07, 6.45) is 4.24.